The van der Waals surface area contributed by atoms with Crippen LogP contribution in [0.3, 0.4) is 0 Å². The summed E-state index contributed by atoms with van der Waals surface area (Å²) in [4.78, 5) is 0. The van der Waals surface area contributed by atoms with E-state index in [0.29, 0.717) is 5.92 Å². The summed E-state index contributed by atoms with van der Waals surface area (Å²) in [6.07, 6.45) is 0.902. The van der Waals surface area contributed by atoms with Crippen LogP contribution in [-0.4, -0.2) is 5.16 Å². The maximum Gasteiger partial charge on any atom is 0.170 e. The molecule has 0 aliphatic rings. The van der Waals surface area contributed by atoms with Gasteiger partial charge in [-0.25, -0.2) is 0 Å². The van der Waals surface area contributed by atoms with Gasteiger partial charge in [-0.1, -0.05) is 82.6 Å². The molecule has 3 heteroatoms. The van der Waals surface area contributed by atoms with Gasteiger partial charge in [0.15, 0.2) is 5.76 Å². The van der Waals surface area contributed by atoms with Crippen LogP contribution in [0.4, 0.5) is 0 Å². The molecular weight excluding hydrogens is 386 g/mol. The van der Waals surface area contributed by atoms with Gasteiger partial charge in [0.05, 0.1) is 5.69 Å². The van der Waals surface area contributed by atoms with Gasteiger partial charge in [0.2, 0.25) is 0 Å². The third kappa shape index (κ3) is 3.32. The Labute approximate surface area is 162 Å². The number of aromatic nitrogens is 1. The first-order valence-corrected chi connectivity index (χ1v) is 9.61. The third-order valence-electron chi connectivity index (χ3n) is 4.94. The number of benzene rings is 3. The molecule has 1 atom stereocenters. The SMILES string of the molecule is Cc1noc(-c2ccc(Br)cc2)c1CC(C)c1ccc2ccccc2c1. The average molecular weight is 406 g/mol. The Bertz CT molecular complexity index is 1050. The van der Waals surface area contributed by atoms with Gasteiger partial charge < -0.3 is 4.52 Å². The lowest BCUT2D eigenvalue weighted by Gasteiger charge is -2.13. The van der Waals surface area contributed by atoms with Crippen LogP contribution in [0.15, 0.2) is 75.7 Å². The lowest BCUT2D eigenvalue weighted by molar-refractivity contribution is 0.426. The molecule has 0 amide bonds. The van der Waals surface area contributed by atoms with Crippen molar-refractivity contribution >= 4 is 26.7 Å². The number of hydrogen-bond acceptors (Lipinski definition) is 2. The van der Waals surface area contributed by atoms with E-state index in [1.807, 2.05) is 19.1 Å². The highest BCUT2D eigenvalue weighted by atomic mass is 79.9. The second-order valence-electron chi connectivity index (χ2n) is 6.79. The molecule has 0 N–H and O–H groups in total. The summed E-state index contributed by atoms with van der Waals surface area (Å²) in [5.41, 5.74) is 4.56. The van der Waals surface area contributed by atoms with E-state index in [-0.39, 0.29) is 0 Å². The van der Waals surface area contributed by atoms with Gasteiger partial charge in [0.25, 0.3) is 0 Å². The van der Waals surface area contributed by atoms with Crippen LogP contribution in [0.5, 0.6) is 0 Å². The van der Waals surface area contributed by atoms with Crippen molar-refractivity contribution in [3.63, 3.8) is 0 Å². The monoisotopic (exact) mass is 405 g/mol. The largest absolute Gasteiger partial charge is 0.356 e. The highest BCUT2D eigenvalue weighted by Gasteiger charge is 2.18. The van der Waals surface area contributed by atoms with Crippen molar-refractivity contribution < 1.29 is 4.52 Å². The van der Waals surface area contributed by atoms with Crippen molar-refractivity contribution in [2.24, 2.45) is 0 Å². The molecule has 3 aromatic carbocycles. The molecule has 1 heterocycles. The van der Waals surface area contributed by atoms with Crippen LogP contribution in [0.1, 0.15) is 29.7 Å². The number of fused-ring (bicyclic) bond motifs is 1. The molecule has 26 heavy (non-hydrogen) atoms. The molecular formula is C23H20BrNO. The van der Waals surface area contributed by atoms with E-state index in [0.717, 1.165) is 27.9 Å². The molecule has 0 spiro atoms. The Balaban J connectivity index is 1.66. The molecule has 0 aliphatic carbocycles. The van der Waals surface area contributed by atoms with E-state index < -0.39 is 0 Å². The molecule has 0 fully saturated rings. The Morgan fingerprint density at radius 3 is 2.46 bits per heavy atom. The molecule has 0 radical (unpaired) electrons. The first-order valence-electron chi connectivity index (χ1n) is 8.81. The smallest absolute Gasteiger partial charge is 0.170 e. The van der Waals surface area contributed by atoms with Crippen molar-refractivity contribution in [3.05, 3.63) is 88.0 Å². The normalized spacial score (nSPS) is 12.4. The molecule has 2 nitrogen and oxygen atoms in total. The number of aryl methyl sites for hydroxylation is 1. The standard InChI is InChI=1S/C23H20BrNO/c1-15(19-8-7-17-5-3-4-6-20(17)14-19)13-22-16(2)25-26-23(22)18-9-11-21(24)12-10-18/h3-12,14-15H,13H2,1-2H3. The summed E-state index contributed by atoms with van der Waals surface area (Å²) in [5.74, 6) is 1.26. The van der Waals surface area contributed by atoms with Crippen LogP contribution in [0.2, 0.25) is 0 Å². The molecule has 1 unspecified atom stereocenters. The average Bonchev–Trinajstić information content (AvgIpc) is 3.02. The molecule has 130 valence electrons. The number of nitrogens with zero attached hydrogens (tertiary/aromatic N) is 1. The highest BCUT2D eigenvalue weighted by molar-refractivity contribution is 9.10. The fourth-order valence-corrected chi connectivity index (χ4v) is 3.66. The van der Waals surface area contributed by atoms with Gasteiger partial charge in [-0.15, -0.1) is 0 Å². The minimum Gasteiger partial charge on any atom is -0.356 e. The van der Waals surface area contributed by atoms with E-state index in [1.54, 1.807) is 0 Å². The summed E-state index contributed by atoms with van der Waals surface area (Å²) in [5, 5.41) is 6.79. The molecule has 0 bridgehead atoms. The van der Waals surface area contributed by atoms with Crippen molar-refractivity contribution in [2.45, 2.75) is 26.2 Å². The lowest BCUT2D eigenvalue weighted by Crippen LogP contribution is -2.00. The number of halogens is 1. The van der Waals surface area contributed by atoms with Gasteiger partial charge in [0, 0.05) is 15.6 Å². The molecule has 0 saturated carbocycles. The quantitative estimate of drug-likeness (QED) is 0.368. The summed E-state index contributed by atoms with van der Waals surface area (Å²) in [7, 11) is 0. The van der Waals surface area contributed by atoms with Gasteiger partial charge in [0.1, 0.15) is 0 Å². The van der Waals surface area contributed by atoms with Gasteiger partial charge in [-0.3, -0.25) is 0 Å². The van der Waals surface area contributed by atoms with E-state index in [2.05, 4.69) is 82.6 Å². The Kier molecular flexibility index (Phi) is 4.64. The molecule has 0 aliphatic heterocycles. The summed E-state index contributed by atoms with van der Waals surface area (Å²) in [6.45, 7) is 4.29. The minimum absolute atomic E-state index is 0.381. The van der Waals surface area contributed by atoms with E-state index in [9.17, 15) is 0 Å². The maximum atomic E-state index is 5.66. The van der Waals surface area contributed by atoms with Crippen molar-refractivity contribution in [1.82, 2.24) is 5.16 Å². The van der Waals surface area contributed by atoms with E-state index in [4.69, 9.17) is 4.52 Å². The number of hydrogen-bond donors (Lipinski definition) is 0. The summed E-state index contributed by atoms with van der Waals surface area (Å²) < 4.78 is 6.72. The van der Waals surface area contributed by atoms with Gasteiger partial charge in [-0.05, 0) is 47.7 Å². The highest BCUT2D eigenvalue weighted by Crippen LogP contribution is 2.32. The molecule has 4 rings (SSSR count). The maximum absolute atomic E-state index is 5.66. The van der Waals surface area contributed by atoms with Crippen LogP contribution < -0.4 is 0 Å². The Hall–Kier alpha value is -2.39. The lowest BCUT2D eigenvalue weighted by atomic mass is 9.90. The first-order chi connectivity index (χ1) is 12.6. The van der Waals surface area contributed by atoms with Crippen LogP contribution in [0.25, 0.3) is 22.1 Å². The Morgan fingerprint density at radius 2 is 1.69 bits per heavy atom. The zero-order valence-corrected chi connectivity index (χ0v) is 16.5. The third-order valence-corrected chi connectivity index (χ3v) is 5.47. The van der Waals surface area contributed by atoms with Gasteiger partial charge in [-0.2, -0.15) is 0 Å². The summed E-state index contributed by atoms with van der Waals surface area (Å²) >= 11 is 3.49. The topological polar surface area (TPSA) is 26.0 Å². The van der Waals surface area contributed by atoms with Crippen LogP contribution >= 0.6 is 15.9 Å². The van der Waals surface area contributed by atoms with Crippen LogP contribution in [-0.2, 0) is 6.42 Å². The second kappa shape index (κ2) is 7.08. The fourth-order valence-electron chi connectivity index (χ4n) is 3.40. The molecule has 4 aromatic rings. The second-order valence-corrected chi connectivity index (χ2v) is 7.71. The molecule has 0 saturated heterocycles. The van der Waals surface area contributed by atoms with Crippen molar-refractivity contribution in [2.75, 3.05) is 0 Å². The Morgan fingerprint density at radius 1 is 0.962 bits per heavy atom. The van der Waals surface area contributed by atoms with Crippen molar-refractivity contribution in [3.8, 4) is 11.3 Å². The van der Waals surface area contributed by atoms with Crippen LogP contribution in [0, 0.1) is 6.92 Å². The zero-order valence-electron chi connectivity index (χ0n) is 14.9. The molecule has 1 aromatic heterocycles. The van der Waals surface area contributed by atoms with Gasteiger partial charge >= 0.3 is 0 Å². The van der Waals surface area contributed by atoms with E-state index >= 15 is 0 Å². The zero-order chi connectivity index (χ0) is 18.1. The fraction of sp³-hybridized carbons (Fsp3) is 0.174. The minimum atomic E-state index is 0.381. The predicted molar refractivity (Wildman–Crippen MR) is 110 cm³/mol. The van der Waals surface area contributed by atoms with Crippen molar-refractivity contribution in [1.29, 1.82) is 0 Å². The van der Waals surface area contributed by atoms with E-state index in [1.165, 1.54) is 21.9 Å². The number of rotatable bonds is 4. The first kappa shape index (κ1) is 17.0. The summed E-state index contributed by atoms with van der Waals surface area (Å²) in [6, 6.07) is 23.4. The predicted octanol–water partition coefficient (Wildman–Crippen LogP) is 6.91.